The summed E-state index contributed by atoms with van der Waals surface area (Å²) >= 11 is 0. The normalized spacial score (nSPS) is 18.8. The molecule has 3 atom stereocenters. The second-order valence-electron chi connectivity index (χ2n) is 14.4. The monoisotopic (exact) mass is 711 g/mol. The summed E-state index contributed by atoms with van der Waals surface area (Å²) in [5.74, 6) is 0.493. The highest BCUT2D eigenvalue weighted by Crippen LogP contribution is 2.32. The van der Waals surface area contributed by atoms with E-state index in [1.165, 1.54) is 10.5 Å². The number of fused-ring (bicyclic) bond motifs is 2. The Bertz CT molecular complexity index is 2080. The summed E-state index contributed by atoms with van der Waals surface area (Å²) < 4.78 is 3.59. The van der Waals surface area contributed by atoms with Crippen LogP contribution in [-0.2, 0) is 6.54 Å². The predicted molar refractivity (Wildman–Crippen MR) is 201 cm³/mol. The number of nitrogens with zero attached hydrogens (tertiary/aromatic N) is 4. The number of likely N-dealkylation sites (tertiary alicyclic amines) is 2. The molecule has 5 N–H and O–H groups in total. The lowest BCUT2D eigenvalue weighted by Crippen LogP contribution is -2.49. The van der Waals surface area contributed by atoms with E-state index in [0.717, 1.165) is 41.5 Å². The van der Waals surface area contributed by atoms with Gasteiger partial charge in [-0.3, -0.25) is 9.13 Å². The predicted octanol–water partition coefficient (Wildman–Crippen LogP) is 6.25. The molecule has 2 fully saturated rings. The van der Waals surface area contributed by atoms with E-state index >= 15 is 0 Å². The molecule has 3 aromatic carbocycles. The van der Waals surface area contributed by atoms with E-state index in [1.54, 1.807) is 9.47 Å². The zero-order chi connectivity index (χ0) is 36.8. The van der Waals surface area contributed by atoms with Crippen LogP contribution in [-0.4, -0.2) is 83.0 Å². The van der Waals surface area contributed by atoms with E-state index in [4.69, 9.17) is 5.11 Å². The fraction of sp³-hybridized carbons (Fsp3) is 0.436. The van der Waals surface area contributed by atoms with Crippen molar-refractivity contribution in [3.8, 4) is 0 Å². The van der Waals surface area contributed by atoms with E-state index in [0.29, 0.717) is 51.2 Å². The maximum Gasteiger partial charge on any atom is 0.407 e. The molecule has 13 nitrogen and oxygen atoms in total. The number of carbonyl (C=O) groups is 2. The molecule has 0 radical (unpaired) electrons. The third-order valence-corrected chi connectivity index (χ3v) is 10.4. The van der Waals surface area contributed by atoms with Crippen LogP contribution in [0.1, 0.15) is 70.0 Å². The molecule has 0 aliphatic carbocycles. The molecular formula is C39H49N7O6. The molecular weight excluding hydrogens is 662 g/mol. The van der Waals surface area contributed by atoms with E-state index in [9.17, 15) is 24.3 Å². The molecule has 52 heavy (non-hydrogen) atoms. The van der Waals surface area contributed by atoms with Crippen LogP contribution in [0.3, 0.4) is 0 Å². The lowest BCUT2D eigenvalue weighted by molar-refractivity contribution is 0.0822. The number of aromatic nitrogens is 4. The molecule has 2 aliphatic rings. The maximum absolute atomic E-state index is 12.8. The van der Waals surface area contributed by atoms with Crippen LogP contribution in [0.5, 0.6) is 0 Å². The minimum absolute atomic E-state index is 0.0249. The van der Waals surface area contributed by atoms with Gasteiger partial charge in [-0.05, 0) is 74.3 Å². The zero-order valence-electron chi connectivity index (χ0n) is 29.8. The average Bonchev–Trinajstić information content (AvgIpc) is 3.65. The summed E-state index contributed by atoms with van der Waals surface area (Å²) in [5, 5.41) is 22.5. The van der Waals surface area contributed by atoms with Crippen molar-refractivity contribution in [3.05, 3.63) is 105 Å². The Balaban J connectivity index is 0.000000206. The van der Waals surface area contributed by atoms with E-state index in [1.807, 2.05) is 71.3 Å². The lowest BCUT2D eigenvalue weighted by atomic mass is 9.89. The second-order valence-corrected chi connectivity index (χ2v) is 14.4. The molecule has 13 heteroatoms. The fourth-order valence-corrected chi connectivity index (χ4v) is 7.95. The molecule has 2 aromatic heterocycles. The first-order valence-electron chi connectivity index (χ1n) is 18.2. The number of benzene rings is 3. The molecule has 0 bridgehead atoms. The summed E-state index contributed by atoms with van der Waals surface area (Å²) in [5.41, 5.74) is 4.40. The van der Waals surface area contributed by atoms with Gasteiger partial charge in [-0.25, -0.2) is 19.2 Å². The zero-order valence-corrected chi connectivity index (χ0v) is 29.8. The number of piperidine rings is 2. The van der Waals surface area contributed by atoms with Gasteiger partial charge >= 0.3 is 23.6 Å². The number of para-hydroxylation sites is 4. The average molecular weight is 712 g/mol. The minimum Gasteiger partial charge on any atom is -0.465 e. The fourth-order valence-electron chi connectivity index (χ4n) is 7.95. The largest absolute Gasteiger partial charge is 0.465 e. The number of amides is 2. The van der Waals surface area contributed by atoms with Crippen molar-refractivity contribution in [1.82, 2.24) is 34.2 Å². The number of H-pyrrole nitrogens is 2. The number of hydrogen-bond acceptors (Lipinski definition) is 5. The molecule has 2 aliphatic heterocycles. The van der Waals surface area contributed by atoms with E-state index in [2.05, 4.69) is 41.3 Å². The molecule has 7 rings (SSSR count). The van der Waals surface area contributed by atoms with Gasteiger partial charge in [0.15, 0.2) is 0 Å². The maximum atomic E-state index is 12.8. The van der Waals surface area contributed by atoms with Gasteiger partial charge in [0.2, 0.25) is 0 Å². The summed E-state index contributed by atoms with van der Waals surface area (Å²) in [6.07, 6.45) is 2.55. The highest BCUT2D eigenvalue weighted by molar-refractivity contribution is 5.76. The summed E-state index contributed by atoms with van der Waals surface area (Å²) in [7, 11) is 0. The Morgan fingerprint density at radius 2 is 1.29 bits per heavy atom. The van der Waals surface area contributed by atoms with Crippen molar-refractivity contribution in [1.29, 1.82) is 0 Å². The first-order chi connectivity index (χ1) is 25.1. The molecule has 2 unspecified atom stereocenters. The molecule has 2 saturated heterocycles. The van der Waals surface area contributed by atoms with Gasteiger partial charge in [0.1, 0.15) is 0 Å². The molecule has 0 saturated carbocycles. The first-order valence-corrected chi connectivity index (χ1v) is 18.2. The van der Waals surface area contributed by atoms with Gasteiger partial charge in [0.05, 0.1) is 22.1 Å². The van der Waals surface area contributed by atoms with Gasteiger partial charge < -0.3 is 35.3 Å². The minimum atomic E-state index is -0.885. The molecule has 276 valence electrons. The Morgan fingerprint density at radius 3 is 1.85 bits per heavy atom. The topological polar surface area (TPSA) is 169 Å². The third kappa shape index (κ3) is 8.42. The van der Waals surface area contributed by atoms with Crippen LogP contribution in [0.15, 0.2) is 88.5 Å². The van der Waals surface area contributed by atoms with Crippen molar-refractivity contribution >= 4 is 34.3 Å². The van der Waals surface area contributed by atoms with Gasteiger partial charge in [0.25, 0.3) is 0 Å². The Hall–Kier alpha value is -5.30. The van der Waals surface area contributed by atoms with Gasteiger partial charge in [0, 0.05) is 50.3 Å². The smallest absolute Gasteiger partial charge is 0.407 e. The van der Waals surface area contributed by atoms with Crippen LogP contribution < -0.4 is 16.7 Å². The quantitative estimate of drug-likeness (QED) is 0.120. The molecule has 4 heterocycles. The number of rotatable bonds is 9. The third-order valence-electron chi connectivity index (χ3n) is 10.4. The van der Waals surface area contributed by atoms with E-state index in [-0.39, 0.29) is 35.5 Å². The van der Waals surface area contributed by atoms with Crippen LogP contribution in [0.4, 0.5) is 9.59 Å². The number of hydrogen-bond donors (Lipinski definition) is 5. The Morgan fingerprint density at radius 1 is 0.750 bits per heavy atom. The SMILES string of the molecule is CC(C)CC(C[C@H]1CC(n2c(=O)[nH]c3ccccc32)CCN1C(=O)O)NCc1ccccc1.O=C(O)N1CCC(n2c(=O)[nH]c3ccccc32)CC1. The molecule has 0 spiro atoms. The van der Waals surface area contributed by atoms with Crippen LogP contribution in [0, 0.1) is 5.92 Å². The van der Waals surface area contributed by atoms with Crippen molar-refractivity contribution in [2.24, 2.45) is 5.92 Å². The summed E-state index contributed by atoms with van der Waals surface area (Å²) in [6.45, 7) is 6.54. The van der Waals surface area contributed by atoms with Gasteiger partial charge in [-0.2, -0.15) is 0 Å². The van der Waals surface area contributed by atoms with Gasteiger partial charge in [-0.15, -0.1) is 0 Å². The Kier molecular flexibility index (Phi) is 11.5. The van der Waals surface area contributed by atoms with Crippen LogP contribution >= 0.6 is 0 Å². The van der Waals surface area contributed by atoms with Crippen LogP contribution in [0.2, 0.25) is 0 Å². The highest BCUT2D eigenvalue weighted by Gasteiger charge is 2.35. The number of aromatic amines is 2. The first kappa shape index (κ1) is 36.5. The second kappa shape index (κ2) is 16.4. The number of nitrogens with one attached hydrogen (secondary N) is 3. The summed E-state index contributed by atoms with van der Waals surface area (Å²) in [4.78, 5) is 56.5. The van der Waals surface area contributed by atoms with Crippen molar-refractivity contribution in [3.63, 3.8) is 0 Å². The number of carboxylic acid groups (broad SMARTS) is 2. The number of imidazole rings is 2. The van der Waals surface area contributed by atoms with E-state index < -0.39 is 12.2 Å². The van der Waals surface area contributed by atoms with Gasteiger partial charge in [-0.1, -0.05) is 68.4 Å². The molecule has 2 amide bonds. The van der Waals surface area contributed by atoms with Crippen molar-refractivity contribution < 1.29 is 19.8 Å². The van der Waals surface area contributed by atoms with Crippen LogP contribution in [0.25, 0.3) is 22.1 Å². The lowest BCUT2D eigenvalue weighted by Gasteiger charge is -2.40. The molecule has 5 aromatic rings. The van der Waals surface area contributed by atoms with Crippen molar-refractivity contribution in [2.45, 2.75) is 83.1 Å². The summed E-state index contributed by atoms with van der Waals surface area (Å²) in [6, 6.07) is 25.6. The van der Waals surface area contributed by atoms with Crippen molar-refractivity contribution in [2.75, 3.05) is 19.6 Å². The standard InChI is InChI=1S/C26H34N4O3.C13H15N3O3/c1-18(2)14-20(27-17-19-8-4-3-5-9-19)15-22-16-21(12-13-29(22)26(32)33)30-24-11-7-6-10-23(24)28-25(30)31;17-12-14-10-3-1-2-4-11(10)16(12)9-5-7-15(8-6-9)13(18)19/h3-11,18,20-22,27H,12-17H2,1-2H3,(H,28,31)(H,32,33);1-4,9H,5-8H2,(H,14,17)(H,18,19)/t20?,21?,22-;/m0./s1. The Labute approximate surface area is 301 Å². The highest BCUT2D eigenvalue weighted by atomic mass is 16.4.